The maximum atomic E-state index is 13.9. The largest absolute Gasteiger partial charge is 0.368 e. The molecule has 1 saturated heterocycles. The number of rotatable bonds is 5. The predicted molar refractivity (Wildman–Crippen MR) is 133 cm³/mol. The van der Waals surface area contributed by atoms with Crippen molar-refractivity contribution in [2.24, 2.45) is 0 Å². The zero-order valence-electron chi connectivity index (χ0n) is 18.7. The first kappa shape index (κ1) is 21.9. The van der Waals surface area contributed by atoms with Gasteiger partial charge in [-0.15, -0.1) is 0 Å². The van der Waals surface area contributed by atoms with Gasteiger partial charge in [0.15, 0.2) is 0 Å². The maximum absolute atomic E-state index is 13.9. The van der Waals surface area contributed by atoms with E-state index in [1.54, 1.807) is 11.0 Å². The lowest BCUT2D eigenvalue weighted by molar-refractivity contribution is -0.119. The fourth-order valence-corrected chi connectivity index (χ4v) is 4.47. The fraction of sp³-hybridized carbons (Fsp3) is 0.185. The molecule has 1 aromatic heterocycles. The van der Waals surface area contributed by atoms with Crippen LogP contribution < -0.4 is 15.4 Å². The third-order valence-electron chi connectivity index (χ3n) is 6.13. The predicted octanol–water partition coefficient (Wildman–Crippen LogP) is 4.15. The third-order valence-corrected chi connectivity index (χ3v) is 6.13. The number of H-pyrrole nitrogens is 1. The average Bonchev–Trinajstić information content (AvgIpc) is 2.86. The summed E-state index contributed by atoms with van der Waals surface area (Å²) in [5.74, 6) is -0.346. The molecule has 0 spiro atoms. The van der Waals surface area contributed by atoms with Gasteiger partial charge in [-0.05, 0) is 42.5 Å². The average molecular weight is 457 g/mol. The molecule has 6 nitrogen and oxygen atoms in total. The molecule has 2 heterocycles. The number of carbonyl (C=O) groups is 1. The van der Waals surface area contributed by atoms with Crippen molar-refractivity contribution < 1.29 is 9.18 Å². The number of benzene rings is 3. The Morgan fingerprint density at radius 2 is 1.47 bits per heavy atom. The Morgan fingerprint density at radius 1 is 0.853 bits per heavy atom. The Hall–Kier alpha value is -3.97. The quantitative estimate of drug-likeness (QED) is 0.490. The first-order valence-electron chi connectivity index (χ1n) is 11.3. The van der Waals surface area contributed by atoms with Crippen LogP contribution in [0.5, 0.6) is 0 Å². The minimum Gasteiger partial charge on any atom is -0.368 e. The number of fused-ring (bicyclic) bond motifs is 1. The zero-order valence-corrected chi connectivity index (χ0v) is 18.7. The summed E-state index contributed by atoms with van der Waals surface area (Å²) in [6.07, 6.45) is 0. The van der Waals surface area contributed by atoms with Crippen molar-refractivity contribution in [3.63, 3.8) is 0 Å². The molecule has 4 aromatic rings. The van der Waals surface area contributed by atoms with Crippen molar-refractivity contribution in [2.45, 2.75) is 0 Å². The molecule has 0 unspecified atom stereocenters. The van der Waals surface area contributed by atoms with Crippen LogP contribution in [0.3, 0.4) is 0 Å². The highest BCUT2D eigenvalue weighted by Gasteiger charge is 2.24. The van der Waals surface area contributed by atoms with E-state index in [4.69, 9.17) is 0 Å². The van der Waals surface area contributed by atoms with Crippen molar-refractivity contribution in [3.8, 4) is 0 Å². The summed E-state index contributed by atoms with van der Waals surface area (Å²) >= 11 is 0. The second-order valence-corrected chi connectivity index (χ2v) is 8.37. The van der Waals surface area contributed by atoms with Gasteiger partial charge in [-0.3, -0.25) is 19.4 Å². The number of aromatic amines is 1. The van der Waals surface area contributed by atoms with Crippen LogP contribution in [0.15, 0.2) is 89.7 Å². The SMILES string of the molecule is O=C(CN1CCN(c2cc(=O)[nH]c3ccc(F)cc23)CC1)N(c1ccccc1)c1ccccc1. The molecular weight excluding hydrogens is 431 g/mol. The molecule has 0 radical (unpaired) electrons. The summed E-state index contributed by atoms with van der Waals surface area (Å²) in [7, 11) is 0. The van der Waals surface area contributed by atoms with E-state index in [0.29, 0.717) is 37.1 Å². The molecule has 1 fully saturated rings. The van der Waals surface area contributed by atoms with Crippen LogP contribution in [0.1, 0.15) is 0 Å². The number of hydrogen-bond donors (Lipinski definition) is 1. The molecule has 1 amide bonds. The van der Waals surface area contributed by atoms with Gasteiger partial charge in [0, 0.05) is 49.0 Å². The number of halogens is 1. The Kier molecular flexibility index (Phi) is 6.10. The number of para-hydroxylation sites is 2. The Bertz CT molecular complexity index is 1310. The molecule has 172 valence electrons. The van der Waals surface area contributed by atoms with Crippen LogP contribution in [0.4, 0.5) is 21.5 Å². The van der Waals surface area contributed by atoms with Crippen LogP contribution >= 0.6 is 0 Å². The third kappa shape index (κ3) is 4.56. The Morgan fingerprint density at radius 3 is 2.09 bits per heavy atom. The second-order valence-electron chi connectivity index (χ2n) is 8.37. The molecule has 1 aliphatic heterocycles. The van der Waals surface area contributed by atoms with Gasteiger partial charge in [-0.2, -0.15) is 0 Å². The Labute approximate surface area is 196 Å². The number of anilines is 3. The summed E-state index contributed by atoms with van der Waals surface area (Å²) in [4.78, 5) is 34.3. The van der Waals surface area contributed by atoms with Gasteiger partial charge in [0.05, 0.1) is 17.7 Å². The van der Waals surface area contributed by atoms with E-state index in [2.05, 4.69) is 14.8 Å². The topological polar surface area (TPSA) is 59.7 Å². The van der Waals surface area contributed by atoms with Crippen LogP contribution in [-0.2, 0) is 4.79 Å². The molecular formula is C27H25FN4O2. The van der Waals surface area contributed by atoms with Crippen LogP contribution in [0, 0.1) is 5.82 Å². The number of amides is 1. The molecule has 3 aromatic carbocycles. The number of piperazine rings is 1. The summed E-state index contributed by atoms with van der Waals surface area (Å²) in [6, 6.07) is 25.2. The number of hydrogen-bond acceptors (Lipinski definition) is 4. The van der Waals surface area contributed by atoms with Gasteiger partial charge in [0.1, 0.15) is 5.82 Å². The van der Waals surface area contributed by atoms with Gasteiger partial charge >= 0.3 is 0 Å². The monoisotopic (exact) mass is 456 g/mol. The van der Waals surface area contributed by atoms with E-state index in [1.165, 1.54) is 18.2 Å². The van der Waals surface area contributed by atoms with Crippen molar-refractivity contribution >= 4 is 33.9 Å². The minimum atomic E-state index is -0.341. The molecule has 1 aliphatic rings. The number of carbonyl (C=O) groups excluding carboxylic acids is 1. The molecule has 1 N–H and O–H groups in total. The van der Waals surface area contributed by atoms with Crippen molar-refractivity contribution in [3.05, 3.63) is 101 Å². The molecule has 0 aliphatic carbocycles. The lowest BCUT2D eigenvalue weighted by Gasteiger charge is -2.37. The molecule has 5 rings (SSSR count). The van der Waals surface area contributed by atoms with E-state index in [1.807, 2.05) is 60.7 Å². The van der Waals surface area contributed by atoms with Crippen molar-refractivity contribution in [1.29, 1.82) is 0 Å². The summed E-state index contributed by atoms with van der Waals surface area (Å²) < 4.78 is 13.9. The highest BCUT2D eigenvalue weighted by Crippen LogP contribution is 2.27. The lowest BCUT2D eigenvalue weighted by Crippen LogP contribution is -2.50. The van der Waals surface area contributed by atoms with Gasteiger partial charge in [-0.25, -0.2) is 4.39 Å². The van der Waals surface area contributed by atoms with Crippen LogP contribution in [-0.4, -0.2) is 48.5 Å². The van der Waals surface area contributed by atoms with E-state index in [9.17, 15) is 14.0 Å². The maximum Gasteiger partial charge on any atom is 0.250 e. The van der Waals surface area contributed by atoms with Gasteiger partial charge in [0.25, 0.3) is 0 Å². The van der Waals surface area contributed by atoms with Gasteiger partial charge in [0.2, 0.25) is 11.5 Å². The highest BCUT2D eigenvalue weighted by molar-refractivity contribution is 6.01. The normalized spacial score (nSPS) is 14.3. The van der Waals surface area contributed by atoms with Gasteiger partial charge < -0.3 is 9.88 Å². The number of pyridine rings is 1. The first-order chi connectivity index (χ1) is 16.6. The molecule has 0 saturated carbocycles. The molecule has 7 heteroatoms. The van der Waals surface area contributed by atoms with Crippen molar-refractivity contribution in [2.75, 3.05) is 42.5 Å². The smallest absolute Gasteiger partial charge is 0.250 e. The van der Waals surface area contributed by atoms with E-state index >= 15 is 0 Å². The number of aromatic nitrogens is 1. The summed E-state index contributed by atoms with van der Waals surface area (Å²) in [5, 5.41) is 0.684. The van der Waals surface area contributed by atoms with Crippen molar-refractivity contribution in [1.82, 2.24) is 9.88 Å². The molecule has 0 atom stereocenters. The standard InChI is InChI=1S/C27H25FN4O2/c28-20-11-12-24-23(17-20)25(18-26(33)29-24)31-15-13-30(14-16-31)19-27(34)32(21-7-3-1-4-8-21)22-9-5-2-6-10-22/h1-12,17-18H,13-16,19H2,(H,29,33). The fourth-order valence-electron chi connectivity index (χ4n) is 4.47. The number of nitrogens with zero attached hydrogens (tertiary/aromatic N) is 3. The van der Waals surface area contributed by atoms with E-state index in [-0.39, 0.29) is 23.8 Å². The van der Waals surface area contributed by atoms with Crippen LogP contribution in [0.2, 0.25) is 0 Å². The minimum absolute atomic E-state index is 0.00507. The second kappa shape index (κ2) is 9.49. The number of nitrogens with one attached hydrogen (secondary N) is 1. The first-order valence-corrected chi connectivity index (χ1v) is 11.3. The summed E-state index contributed by atoms with van der Waals surface area (Å²) in [6.45, 7) is 2.87. The van der Waals surface area contributed by atoms with E-state index in [0.717, 1.165) is 17.1 Å². The van der Waals surface area contributed by atoms with Crippen LogP contribution in [0.25, 0.3) is 10.9 Å². The zero-order chi connectivity index (χ0) is 23.5. The lowest BCUT2D eigenvalue weighted by atomic mass is 10.1. The van der Waals surface area contributed by atoms with E-state index < -0.39 is 0 Å². The van der Waals surface area contributed by atoms with Gasteiger partial charge in [-0.1, -0.05) is 36.4 Å². The Balaban J connectivity index is 1.32. The highest BCUT2D eigenvalue weighted by atomic mass is 19.1. The molecule has 34 heavy (non-hydrogen) atoms. The summed E-state index contributed by atoms with van der Waals surface area (Å²) in [5.41, 5.74) is 2.78. The molecule has 0 bridgehead atoms.